The third kappa shape index (κ3) is 4.20. The van der Waals surface area contributed by atoms with Crippen LogP contribution in [0.5, 0.6) is 0 Å². The smallest absolute Gasteiger partial charge is 0.237 e. The van der Waals surface area contributed by atoms with Gasteiger partial charge in [-0.05, 0) is 56.0 Å². The monoisotopic (exact) mass is 323 g/mol. The normalized spacial score (nSPS) is 17.3. The first-order valence-electron chi connectivity index (χ1n) is 8.68. The van der Waals surface area contributed by atoms with Crippen molar-refractivity contribution in [3.8, 4) is 0 Å². The molecule has 1 aliphatic rings. The number of amides is 1. The number of hydrogen-bond donors (Lipinski definition) is 1. The predicted molar refractivity (Wildman–Crippen MR) is 95.6 cm³/mol. The number of fused-ring (bicyclic) bond motifs is 1. The highest BCUT2D eigenvalue weighted by Gasteiger charge is 2.28. The van der Waals surface area contributed by atoms with Crippen LogP contribution >= 0.6 is 0 Å². The highest BCUT2D eigenvalue weighted by molar-refractivity contribution is 5.82. The largest absolute Gasteiger partial charge is 0.355 e. The fourth-order valence-corrected chi connectivity index (χ4v) is 3.25. The number of unbranched alkanes of at least 4 members (excludes halogenated alkanes) is 1. The average molecular weight is 323 g/mol. The maximum Gasteiger partial charge on any atom is 0.237 e. The highest BCUT2D eigenvalue weighted by Crippen LogP contribution is 2.21. The van der Waals surface area contributed by atoms with Crippen molar-refractivity contribution < 1.29 is 4.79 Å². The van der Waals surface area contributed by atoms with Crippen molar-refractivity contribution in [2.75, 3.05) is 13.6 Å². The molecule has 0 spiro atoms. The summed E-state index contributed by atoms with van der Waals surface area (Å²) in [5.74, 6) is 0.143. The van der Waals surface area contributed by atoms with E-state index in [1.165, 1.54) is 11.1 Å². The Labute approximate surface area is 143 Å². The van der Waals surface area contributed by atoms with Crippen molar-refractivity contribution in [3.05, 3.63) is 65.5 Å². The Kier molecular flexibility index (Phi) is 5.59. The van der Waals surface area contributed by atoms with E-state index in [1.54, 1.807) is 0 Å². The molecule has 24 heavy (non-hydrogen) atoms. The molecule has 1 aliphatic heterocycles. The molecule has 126 valence electrons. The minimum absolute atomic E-state index is 0.0595. The van der Waals surface area contributed by atoms with Crippen LogP contribution in [-0.4, -0.2) is 35.4 Å². The zero-order valence-electron chi connectivity index (χ0n) is 14.2. The number of aryl methyl sites for hydroxylation is 1. The van der Waals surface area contributed by atoms with Gasteiger partial charge in [0, 0.05) is 25.0 Å². The Morgan fingerprint density at radius 2 is 1.96 bits per heavy atom. The van der Waals surface area contributed by atoms with E-state index < -0.39 is 0 Å². The second kappa shape index (κ2) is 8.06. The summed E-state index contributed by atoms with van der Waals surface area (Å²) in [6, 6.07) is 14.3. The molecular formula is C20H25N3O. The molecule has 3 rings (SSSR count). The molecule has 4 nitrogen and oxygen atoms in total. The van der Waals surface area contributed by atoms with E-state index in [0.717, 1.165) is 44.5 Å². The molecule has 1 aromatic heterocycles. The number of nitrogens with zero attached hydrogens (tertiary/aromatic N) is 2. The van der Waals surface area contributed by atoms with Crippen LogP contribution < -0.4 is 5.32 Å². The number of hydrogen-bond acceptors (Lipinski definition) is 3. The first-order valence-corrected chi connectivity index (χ1v) is 8.68. The summed E-state index contributed by atoms with van der Waals surface area (Å²) in [5, 5.41) is 3.10. The van der Waals surface area contributed by atoms with E-state index in [-0.39, 0.29) is 11.9 Å². The van der Waals surface area contributed by atoms with Crippen molar-refractivity contribution in [1.82, 2.24) is 15.2 Å². The second-order valence-corrected chi connectivity index (χ2v) is 6.47. The van der Waals surface area contributed by atoms with Gasteiger partial charge < -0.3 is 5.32 Å². The average Bonchev–Trinajstić information content (AvgIpc) is 2.61. The zero-order chi connectivity index (χ0) is 16.8. The summed E-state index contributed by atoms with van der Waals surface area (Å²) in [6.45, 7) is 1.57. The van der Waals surface area contributed by atoms with Gasteiger partial charge in [0.25, 0.3) is 0 Å². The number of nitrogens with one attached hydrogen (secondary N) is 1. The van der Waals surface area contributed by atoms with E-state index in [1.807, 2.05) is 31.4 Å². The molecule has 2 aromatic rings. The zero-order valence-corrected chi connectivity index (χ0v) is 14.2. The lowest BCUT2D eigenvalue weighted by Gasteiger charge is -2.33. The fourth-order valence-electron chi connectivity index (χ4n) is 3.25. The van der Waals surface area contributed by atoms with E-state index in [4.69, 9.17) is 0 Å². The van der Waals surface area contributed by atoms with Gasteiger partial charge in [0.15, 0.2) is 0 Å². The van der Waals surface area contributed by atoms with E-state index in [0.29, 0.717) is 0 Å². The quantitative estimate of drug-likeness (QED) is 0.831. The summed E-state index contributed by atoms with van der Waals surface area (Å²) in [4.78, 5) is 19.0. The van der Waals surface area contributed by atoms with Crippen LogP contribution in [0.25, 0.3) is 0 Å². The maximum atomic E-state index is 12.5. The van der Waals surface area contributed by atoms with Gasteiger partial charge in [-0.15, -0.1) is 0 Å². The molecule has 0 radical (unpaired) electrons. The molecule has 0 saturated carbocycles. The van der Waals surface area contributed by atoms with Gasteiger partial charge in [0.05, 0.1) is 6.04 Å². The molecule has 1 N–H and O–H groups in total. The molecule has 4 heteroatoms. The minimum Gasteiger partial charge on any atom is -0.355 e. The summed E-state index contributed by atoms with van der Waals surface area (Å²) in [6.07, 6.45) is 5.61. The Bertz CT molecular complexity index is 672. The summed E-state index contributed by atoms with van der Waals surface area (Å²) >= 11 is 0. The molecule has 2 heterocycles. The van der Waals surface area contributed by atoms with Crippen molar-refractivity contribution in [3.63, 3.8) is 0 Å². The SMILES string of the molecule is CN1Cc2ccccc2CC1C(=O)NCCCCc1ccccn1. The van der Waals surface area contributed by atoms with E-state index >= 15 is 0 Å². The number of carbonyl (C=O) groups excluding carboxylic acids is 1. The molecular weight excluding hydrogens is 298 g/mol. The van der Waals surface area contributed by atoms with Crippen LogP contribution in [0.4, 0.5) is 0 Å². The van der Waals surface area contributed by atoms with Crippen LogP contribution in [0.15, 0.2) is 48.7 Å². The maximum absolute atomic E-state index is 12.5. The first-order chi connectivity index (χ1) is 11.7. The van der Waals surface area contributed by atoms with Gasteiger partial charge in [0.1, 0.15) is 0 Å². The third-order valence-electron chi connectivity index (χ3n) is 4.67. The molecule has 1 atom stereocenters. The Morgan fingerprint density at radius 1 is 1.17 bits per heavy atom. The van der Waals surface area contributed by atoms with Gasteiger partial charge in [-0.1, -0.05) is 30.3 Å². The Hall–Kier alpha value is -2.20. The van der Waals surface area contributed by atoms with E-state index in [9.17, 15) is 4.79 Å². The molecule has 1 unspecified atom stereocenters. The lowest BCUT2D eigenvalue weighted by Crippen LogP contribution is -2.48. The number of likely N-dealkylation sites (N-methyl/N-ethyl adjacent to an activating group) is 1. The minimum atomic E-state index is -0.0595. The van der Waals surface area contributed by atoms with Crippen molar-refractivity contribution >= 4 is 5.91 Å². The van der Waals surface area contributed by atoms with Crippen LogP contribution in [0.1, 0.15) is 29.7 Å². The van der Waals surface area contributed by atoms with Gasteiger partial charge in [0.2, 0.25) is 5.91 Å². The summed E-state index contributed by atoms with van der Waals surface area (Å²) < 4.78 is 0. The van der Waals surface area contributed by atoms with Crippen LogP contribution in [0.2, 0.25) is 0 Å². The lowest BCUT2D eigenvalue weighted by atomic mass is 9.94. The van der Waals surface area contributed by atoms with Crippen LogP contribution in [-0.2, 0) is 24.2 Å². The molecule has 0 aliphatic carbocycles. The van der Waals surface area contributed by atoms with Gasteiger partial charge in [-0.3, -0.25) is 14.7 Å². The molecule has 1 aromatic carbocycles. The lowest BCUT2D eigenvalue weighted by molar-refractivity contribution is -0.126. The molecule has 1 amide bonds. The highest BCUT2D eigenvalue weighted by atomic mass is 16.2. The van der Waals surface area contributed by atoms with Crippen LogP contribution in [0, 0.1) is 0 Å². The molecule has 0 bridgehead atoms. The fraction of sp³-hybridized carbons (Fsp3) is 0.400. The Balaban J connectivity index is 1.42. The van der Waals surface area contributed by atoms with Crippen molar-refractivity contribution in [2.45, 2.75) is 38.3 Å². The van der Waals surface area contributed by atoms with E-state index in [2.05, 4.69) is 39.5 Å². The summed E-state index contributed by atoms with van der Waals surface area (Å²) in [7, 11) is 2.03. The van der Waals surface area contributed by atoms with Gasteiger partial charge in [-0.25, -0.2) is 0 Å². The number of benzene rings is 1. The number of carbonyl (C=O) groups is 1. The van der Waals surface area contributed by atoms with Gasteiger partial charge in [-0.2, -0.15) is 0 Å². The van der Waals surface area contributed by atoms with Gasteiger partial charge >= 0.3 is 0 Å². The molecule has 0 saturated heterocycles. The Morgan fingerprint density at radius 3 is 2.75 bits per heavy atom. The topological polar surface area (TPSA) is 45.2 Å². The number of rotatable bonds is 6. The standard InChI is InChI=1S/C20H25N3O/c1-23-15-17-9-3-2-8-16(17)14-19(23)20(24)22-13-7-5-11-18-10-4-6-12-21-18/h2-4,6,8-10,12,19H,5,7,11,13-15H2,1H3,(H,22,24). The first kappa shape index (κ1) is 16.7. The van der Waals surface area contributed by atoms with Crippen LogP contribution in [0.3, 0.4) is 0 Å². The number of aromatic nitrogens is 1. The predicted octanol–water partition coefficient (Wildman–Crippen LogP) is 2.58. The van der Waals surface area contributed by atoms with Crippen molar-refractivity contribution in [1.29, 1.82) is 0 Å². The summed E-state index contributed by atoms with van der Waals surface area (Å²) in [5.41, 5.74) is 3.75. The molecule has 0 fully saturated rings. The number of pyridine rings is 1. The second-order valence-electron chi connectivity index (χ2n) is 6.47. The third-order valence-corrected chi connectivity index (χ3v) is 4.67. The van der Waals surface area contributed by atoms with Crippen molar-refractivity contribution in [2.24, 2.45) is 0 Å².